The molecule has 8 heteroatoms. The quantitative estimate of drug-likeness (QED) is 0.683. The van der Waals surface area contributed by atoms with Gasteiger partial charge in [0.15, 0.2) is 0 Å². The van der Waals surface area contributed by atoms with Crippen LogP contribution in [0.4, 0.5) is 0 Å². The molecule has 0 spiro atoms. The van der Waals surface area contributed by atoms with Crippen molar-refractivity contribution in [3.63, 3.8) is 0 Å². The van der Waals surface area contributed by atoms with Crippen molar-refractivity contribution in [1.29, 1.82) is 5.26 Å². The molecule has 0 N–H and O–H groups in total. The minimum atomic E-state index is 0.202. The summed E-state index contributed by atoms with van der Waals surface area (Å²) in [6.07, 6.45) is 11.4. The van der Waals surface area contributed by atoms with E-state index in [2.05, 4.69) is 16.3 Å². The molecule has 1 atom stereocenters. The molecule has 3 aromatic rings. The third-order valence-electron chi connectivity index (χ3n) is 6.16. The molecule has 29 heavy (non-hydrogen) atoms. The summed E-state index contributed by atoms with van der Waals surface area (Å²) in [5, 5.41) is 18.1. The summed E-state index contributed by atoms with van der Waals surface area (Å²) < 4.78 is 9.12. The lowest BCUT2D eigenvalue weighted by Crippen LogP contribution is -2.37. The van der Waals surface area contributed by atoms with Crippen LogP contribution in [-0.2, 0) is 4.79 Å². The molecule has 8 nitrogen and oxygen atoms in total. The van der Waals surface area contributed by atoms with Crippen molar-refractivity contribution in [1.82, 2.24) is 24.3 Å². The second kappa shape index (κ2) is 6.92. The van der Waals surface area contributed by atoms with Gasteiger partial charge >= 0.3 is 0 Å². The molecule has 1 unspecified atom stereocenters. The average molecular weight is 390 g/mol. The fourth-order valence-corrected chi connectivity index (χ4v) is 4.24. The first-order chi connectivity index (χ1) is 14.2. The van der Waals surface area contributed by atoms with Gasteiger partial charge in [0.25, 0.3) is 0 Å². The lowest BCUT2D eigenvalue weighted by molar-refractivity contribution is -0.137. The van der Waals surface area contributed by atoms with Crippen LogP contribution in [0.15, 0.2) is 30.9 Å². The maximum Gasteiger partial charge on any atom is 0.225 e. The van der Waals surface area contributed by atoms with Gasteiger partial charge in [-0.05, 0) is 25.3 Å². The van der Waals surface area contributed by atoms with Gasteiger partial charge < -0.3 is 9.64 Å². The Hall–Kier alpha value is -3.34. The normalized spacial score (nSPS) is 19.3. The Morgan fingerprint density at radius 2 is 2.07 bits per heavy atom. The number of ether oxygens (including phenoxy) is 1. The second-order valence-electron chi connectivity index (χ2n) is 7.82. The molecular weight excluding hydrogens is 368 g/mol. The zero-order valence-corrected chi connectivity index (χ0v) is 16.3. The molecule has 1 amide bonds. The molecule has 148 valence electrons. The fraction of sp³-hybridized carbons (Fsp3) is 0.429. The standard InChI is InChI=1S/C21H22N6O2/c1-29-19-7-15(11-27-20(19)16(8-22)9-24-27)17-10-23-26(12-17)18-5-6-25(13-18)21(28)14-3-2-4-14/h7,9-12,14,18H,2-6,13H2,1H3. The van der Waals surface area contributed by atoms with Crippen LogP contribution in [0.5, 0.6) is 5.75 Å². The Morgan fingerprint density at radius 1 is 1.21 bits per heavy atom. The number of nitriles is 1. The van der Waals surface area contributed by atoms with Crippen molar-refractivity contribution in [2.75, 3.05) is 20.2 Å². The number of aromatic nitrogens is 4. The van der Waals surface area contributed by atoms with Gasteiger partial charge in [-0.25, -0.2) is 4.52 Å². The third-order valence-corrected chi connectivity index (χ3v) is 6.16. The van der Waals surface area contributed by atoms with Crippen molar-refractivity contribution in [3.05, 3.63) is 36.4 Å². The predicted molar refractivity (Wildman–Crippen MR) is 105 cm³/mol. The summed E-state index contributed by atoms with van der Waals surface area (Å²) in [6.45, 7) is 1.53. The molecule has 2 fully saturated rings. The summed E-state index contributed by atoms with van der Waals surface area (Å²) in [6, 6.07) is 4.25. The molecule has 0 bridgehead atoms. The number of pyridine rings is 1. The van der Waals surface area contributed by atoms with Crippen LogP contribution in [-0.4, -0.2) is 50.4 Å². The van der Waals surface area contributed by atoms with E-state index in [0.29, 0.717) is 22.7 Å². The smallest absolute Gasteiger partial charge is 0.225 e. The molecule has 1 saturated carbocycles. The minimum absolute atomic E-state index is 0.202. The average Bonchev–Trinajstić information content (AvgIpc) is 3.43. The molecule has 1 aliphatic carbocycles. The summed E-state index contributed by atoms with van der Waals surface area (Å²) in [5.74, 6) is 1.16. The van der Waals surface area contributed by atoms with Gasteiger partial charge in [-0.1, -0.05) is 6.42 Å². The molecule has 2 aliphatic rings. The number of carbonyl (C=O) groups excluding carboxylic acids is 1. The highest BCUT2D eigenvalue weighted by Gasteiger charge is 2.34. The zero-order valence-electron chi connectivity index (χ0n) is 16.3. The number of fused-ring (bicyclic) bond motifs is 1. The number of methoxy groups -OCH3 is 1. The van der Waals surface area contributed by atoms with E-state index in [-0.39, 0.29) is 12.0 Å². The van der Waals surface area contributed by atoms with Crippen molar-refractivity contribution < 1.29 is 9.53 Å². The van der Waals surface area contributed by atoms with Crippen LogP contribution in [0.1, 0.15) is 37.3 Å². The fourth-order valence-electron chi connectivity index (χ4n) is 4.24. The molecule has 1 saturated heterocycles. The first-order valence-electron chi connectivity index (χ1n) is 9.96. The second-order valence-corrected chi connectivity index (χ2v) is 7.82. The van der Waals surface area contributed by atoms with Crippen molar-refractivity contribution >= 4 is 11.4 Å². The van der Waals surface area contributed by atoms with Crippen LogP contribution in [0.2, 0.25) is 0 Å². The number of hydrogen-bond donors (Lipinski definition) is 0. The van der Waals surface area contributed by atoms with E-state index in [4.69, 9.17) is 4.74 Å². The number of rotatable bonds is 4. The van der Waals surface area contributed by atoms with E-state index >= 15 is 0 Å². The van der Waals surface area contributed by atoms with E-state index in [1.54, 1.807) is 11.6 Å². The van der Waals surface area contributed by atoms with Crippen LogP contribution in [0.3, 0.4) is 0 Å². The van der Waals surface area contributed by atoms with Gasteiger partial charge in [-0.3, -0.25) is 9.48 Å². The van der Waals surface area contributed by atoms with Gasteiger partial charge in [0.2, 0.25) is 5.91 Å². The molecule has 0 aromatic carbocycles. The summed E-state index contributed by atoms with van der Waals surface area (Å²) >= 11 is 0. The highest BCUT2D eigenvalue weighted by atomic mass is 16.5. The van der Waals surface area contributed by atoms with Crippen molar-refractivity contribution in [3.8, 4) is 22.9 Å². The SMILES string of the molecule is COc1cc(-c2cnn(C3CCN(C(=O)C4CCC4)C3)c2)cn2ncc(C#N)c12. The monoisotopic (exact) mass is 390 g/mol. The predicted octanol–water partition coefficient (Wildman–Crippen LogP) is 2.65. The Balaban J connectivity index is 1.39. The number of hydrogen-bond acceptors (Lipinski definition) is 5. The molecule has 5 rings (SSSR count). The van der Waals surface area contributed by atoms with E-state index < -0.39 is 0 Å². The summed E-state index contributed by atoms with van der Waals surface area (Å²) in [5.41, 5.74) is 3.00. The van der Waals surface area contributed by atoms with Crippen LogP contribution >= 0.6 is 0 Å². The first kappa shape index (κ1) is 17.7. The number of nitrogens with zero attached hydrogens (tertiary/aromatic N) is 6. The van der Waals surface area contributed by atoms with Crippen LogP contribution in [0, 0.1) is 17.2 Å². The summed E-state index contributed by atoms with van der Waals surface area (Å²) in [4.78, 5) is 14.5. The number of amides is 1. The van der Waals surface area contributed by atoms with Gasteiger partial charge in [0.05, 0.1) is 25.5 Å². The molecular formula is C21H22N6O2. The Morgan fingerprint density at radius 3 is 2.79 bits per heavy atom. The van der Waals surface area contributed by atoms with E-state index in [9.17, 15) is 10.1 Å². The molecule has 1 aliphatic heterocycles. The van der Waals surface area contributed by atoms with Gasteiger partial charge in [0, 0.05) is 42.5 Å². The number of carbonyl (C=O) groups is 1. The van der Waals surface area contributed by atoms with Crippen LogP contribution < -0.4 is 4.74 Å². The summed E-state index contributed by atoms with van der Waals surface area (Å²) in [7, 11) is 1.59. The molecule has 3 aromatic heterocycles. The molecule has 4 heterocycles. The lowest BCUT2D eigenvalue weighted by atomic mass is 9.84. The van der Waals surface area contributed by atoms with Gasteiger partial charge in [-0.2, -0.15) is 15.5 Å². The Bertz CT molecular complexity index is 1120. The van der Waals surface area contributed by atoms with E-state index in [0.717, 1.165) is 43.5 Å². The van der Waals surface area contributed by atoms with Gasteiger partial charge in [0.1, 0.15) is 22.9 Å². The van der Waals surface area contributed by atoms with E-state index in [1.807, 2.05) is 34.2 Å². The zero-order chi connectivity index (χ0) is 20.0. The topological polar surface area (TPSA) is 88.4 Å². The van der Waals surface area contributed by atoms with Crippen LogP contribution in [0.25, 0.3) is 16.6 Å². The highest BCUT2D eigenvalue weighted by Crippen LogP contribution is 2.33. The minimum Gasteiger partial charge on any atom is -0.494 e. The van der Waals surface area contributed by atoms with E-state index in [1.165, 1.54) is 12.6 Å². The van der Waals surface area contributed by atoms with Gasteiger partial charge in [-0.15, -0.1) is 0 Å². The maximum atomic E-state index is 12.5. The lowest BCUT2D eigenvalue weighted by Gasteiger charge is -2.29. The third kappa shape index (κ3) is 2.94. The van der Waals surface area contributed by atoms with Crippen molar-refractivity contribution in [2.24, 2.45) is 5.92 Å². The first-order valence-corrected chi connectivity index (χ1v) is 9.96. The number of likely N-dealkylation sites (tertiary alicyclic amines) is 1. The molecule has 0 radical (unpaired) electrons. The Labute approximate surface area is 168 Å². The highest BCUT2D eigenvalue weighted by molar-refractivity contribution is 5.80. The van der Waals surface area contributed by atoms with Crippen molar-refractivity contribution in [2.45, 2.75) is 31.7 Å². The largest absolute Gasteiger partial charge is 0.494 e. The Kier molecular flexibility index (Phi) is 4.23. The maximum absolute atomic E-state index is 12.5.